The van der Waals surface area contributed by atoms with E-state index in [4.69, 9.17) is 0 Å². The molecule has 3 nitrogen and oxygen atoms in total. The molecule has 1 aromatic heterocycles. The number of benzene rings is 1. The summed E-state index contributed by atoms with van der Waals surface area (Å²) in [5.41, 5.74) is 1.61. The number of hydrogen-bond donors (Lipinski definition) is 1. The number of aromatic nitrogens is 2. The molecule has 1 unspecified atom stereocenters. The standard InChI is InChI=1S/C15H19BrFN3/c1-3-9-18-14(11-7-5-6-8-13(11)17)15-12(16)10-19-20(15)4-2/h5-8,10,14,18H,3-4,9H2,1-2H3. The summed E-state index contributed by atoms with van der Waals surface area (Å²) in [4.78, 5) is 0. The van der Waals surface area contributed by atoms with Crippen molar-refractivity contribution in [3.63, 3.8) is 0 Å². The molecule has 0 aliphatic carbocycles. The highest BCUT2D eigenvalue weighted by Crippen LogP contribution is 2.30. The van der Waals surface area contributed by atoms with Gasteiger partial charge in [-0.3, -0.25) is 4.68 Å². The van der Waals surface area contributed by atoms with E-state index in [1.54, 1.807) is 12.3 Å². The zero-order valence-electron chi connectivity index (χ0n) is 11.7. The monoisotopic (exact) mass is 339 g/mol. The maximum absolute atomic E-state index is 14.1. The van der Waals surface area contributed by atoms with Gasteiger partial charge in [-0.05, 0) is 41.9 Å². The Morgan fingerprint density at radius 3 is 2.75 bits per heavy atom. The molecule has 0 saturated carbocycles. The van der Waals surface area contributed by atoms with E-state index in [1.165, 1.54) is 6.07 Å². The van der Waals surface area contributed by atoms with Crippen LogP contribution in [-0.2, 0) is 6.54 Å². The quantitative estimate of drug-likeness (QED) is 0.865. The minimum atomic E-state index is -0.201. The Morgan fingerprint density at radius 1 is 1.35 bits per heavy atom. The lowest BCUT2D eigenvalue weighted by Crippen LogP contribution is -2.27. The molecule has 108 valence electrons. The van der Waals surface area contributed by atoms with Crippen molar-refractivity contribution >= 4 is 15.9 Å². The number of rotatable bonds is 6. The van der Waals surface area contributed by atoms with Crippen molar-refractivity contribution in [1.29, 1.82) is 0 Å². The summed E-state index contributed by atoms with van der Waals surface area (Å²) in [7, 11) is 0. The van der Waals surface area contributed by atoms with E-state index in [1.807, 2.05) is 23.7 Å². The number of halogens is 2. The van der Waals surface area contributed by atoms with Gasteiger partial charge in [0.1, 0.15) is 5.82 Å². The summed E-state index contributed by atoms with van der Waals surface area (Å²) in [5, 5.41) is 7.74. The zero-order valence-corrected chi connectivity index (χ0v) is 13.3. The van der Waals surface area contributed by atoms with Crippen LogP contribution < -0.4 is 5.32 Å². The Morgan fingerprint density at radius 2 is 2.10 bits per heavy atom. The third kappa shape index (κ3) is 3.10. The van der Waals surface area contributed by atoms with Gasteiger partial charge in [0, 0.05) is 12.1 Å². The van der Waals surface area contributed by atoms with Crippen LogP contribution >= 0.6 is 15.9 Å². The van der Waals surface area contributed by atoms with E-state index < -0.39 is 0 Å². The van der Waals surface area contributed by atoms with Crippen molar-refractivity contribution in [1.82, 2.24) is 15.1 Å². The highest BCUT2D eigenvalue weighted by molar-refractivity contribution is 9.10. The Hall–Kier alpha value is -1.20. The summed E-state index contributed by atoms with van der Waals surface area (Å²) in [6, 6.07) is 6.69. The van der Waals surface area contributed by atoms with Crippen LogP contribution in [0.15, 0.2) is 34.9 Å². The largest absolute Gasteiger partial charge is 0.305 e. The van der Waals surface area contributed by atoms with Gasteiger partial charge in [-0.15, -0.1) is 0 Å². The highest BCUT2D eigenvalue weighted by Gasteiger charge is 2.23. The number of nitrogens with one attached hydrogen (secondary N) is 1. The molecule has 1 aromatic carbocycles. The molecule has 2 aromatic rings. The minimum absolute atomic E-state index is 0.197. The summed E-state index contributed by atoms with van der Waals surface area (Å²) in [6.45, 7) is 5.69. The molecule has 0 aliphatic heterocycles. The molecule has 0 bridgehead atoms. The van der Waals surface area contributed by atoms with E-state index in [0.29, 0.717) is 5.56 Å². The minimum Gasteiger partial charge on any atom is -0.305 e. The molecule has 0 spiro atoms. The van der Waals surface area contributed by atoms with Crippen LogP contribution in [0.4, 0.5) is 4.39 Å². The molecule has 5 heteroatoms. The van der Waals surface area contributed by atoms with Crippen molar-refractivity contribution in [2.75, 3.05) is 6.54 Å². The molecule has 0 radical (unpaired) electrons. The lowest BCUT2D eigenvalue weighted by molar-refractivity contribution is 0.504. The smallest absolute Gasteiger partial charge is 0.128 e. The van der Waals surface area contributed by atoms with E-state index in [0.717, 1.165) is 29.7 Å². The van der Waals surface area contributed by atoms with Crippen LogP contribution in [0.3, 0.4) is 0 Å². The van der Waals surface area contributed by atoms with Crippen LogP contribution in [0.5, 0.6) is 0 Å². The van der Waals surface area contributed by atoms with Gasteiger partial charge in [0.05, 0.1) is 22.4 Å². The van der Waals surface area contributed by atoms with Crippen molar-refractivity contribution < 1.29 is 4.39 Å². The Kier molecular flexibility index (Phi) is 5.31. The van der Waals surface area contributed by atoms with Crippen molar-refractivity contribution in [2.24, 2.45) is 0 Å². The van der Waals surface area contributed by atoms with Crippen molar-refractivity contribution in [3.05, 3.63) is 52.0 Å². The van der Waals surface area contributed by atoms with E-state index in [9.17, 15) is 4.39 Å². The van der Waals surface area contributed by atoms with Crippen LogP contribution in [0.25, 0.3) is 0 Å². The summed E-state index contributed by atoms with van der Waals surface area (Å²) in [6.07, 6.45) is 2.75. The van der Waals surface area contributed by atoms with Gasteiger partial charge < -0.3 is 5.32 Å². The van der Waals surface area contributed by atoms with Crippen molar-refractivity contribution in [3.8, 4) is 0 Å². The van der Waals surface area contributed by atoms with Crippen LogP contribution in [0, 0.1) is 5.82 Å². The van der Waals surface area contributed by atoms with E-state index in [-0.39, 0.29) is 11.9 Å². The number of nitrogens with zero attached hydrogens (tertiary/aromatic N) is 2. The molecular weight excluding hydrogens is 321 g/mol. The van der Waals surface area contributed by atoms with E-state index in [2.05, 4.69) is 33.3 Å². The fraction of sp³-hybridized carbons (Fsp3) is 0.400. The summed E-state index contributed by atoms with van der Waals surface area (Å²) >= 11 is 3.53. The molecule has 20 heavy (non-hydrogen) atoms. The normalized spacial score (nSPS) is 12.6. The van der Waals surface area contributed by atoms with Crippen molar-refractivity contribution in [2.45, 2.75) is 32.9 Å². The highest BCUT2D eigenvalue weighted by atomic mass is 79.9. The third-order valence-corrected chi connectivity index (χ3v) is 3.83. The summed E-state index contributed by atoms with van der Waals surface area (Å²) in [5.74, 6) is -0.197. The molecule has 0 saturated heterocycles. The summed E-state index contributed by atoms with van der Waals surface area (Å²) < 4.78 is 16.9. The molecule has 2 rings (SSSR count). The molecule has 0 amide bonds. The maximum atomic E-state index is 14.1. The molecule has 0 fully saturated rings. The topological polar surface area (TPSA) is 29.9 Å². The van der Waals surface area contributed by atoms with Gasteiger partial charge in [-0.2, -0.15) is 5.10 Å². The average Bonchev–Trinajstić information content (AvgIpc) is 2.82. The second-order valence-corrected chi connectivity index (χ2v) is 5.46. The van der Waals surface area contributed by atoms with E-state index >= 15 is 0 Å². The first kappa shape index (κ1) is 15.2. The first-order valence-electron chi connectivity index (χ1n) is 6.88. The predicted molar refractivity (Wildman–Crippen MR) is 82.1 cm³/mol. The molecule has 0 aliphatic rings. The van der Waals surface area contributed by atoms with Gasteiger partial charge in [-0.25, -0.2) is 4.39 Å². The Labute approximate surface area is 127 Å². The molecule has 1 N–H and O–H groups in total. The van der Waals surface area contributed by atoms with Crippen LogP contribution in [0.2, 0.25) is 0 Å². The first-order chi connectivity index (χ1) is 9.69. The van der Waals surface area contributed by atoms with Gasteiger partial charge >= 0.3 is 0 Å². The lowest BCUT2D eigenvalue weighted by atomic mass is 10.0. The number of aryl methyl sites for hydroxylation is 1. The fourth-order valence-corrected chi connectivity index (χ4v) is 2.79. The molecule has 1 heterocycles. The Bertz CT molecular complexity index is 568. The SMILES string of the molecule is CCCNC(c1ccccc1F)c1c(Br)cnn1CC. The van der Waals surface area contributed by atoms with Gasteiger partial charge in [0.25, 0.3) is 0 Å². The van der Waals surface area contributed by atoms with Crippen LogP contribution in [0.1, 0.15) is 37.6 Å². The third-order valence-electron chi connectivity index (χ3n) is 3.22. The second kappa shape index (κ2) is 6.99. The lowest BCUT2D eigenvalue weighted by Gasteiger charge is -2.21. The maximum Gasteiger partial charge on any atom is 0.128 e. The van der Waals surface area contributed by atoms with Gasteiger partial charge in [0.2, 0.25) is 0 Å². The Balaban J connectivity index is 2.47. The first-order valence-corrected chi connectivity index (χ1v) is 7.67. The molecular formula is C15H19BrFN3. The molecule has 1 atom stereocenters. The second-order valence-electron chi connectivity index (χ2n) is 4.60. The fourth-order valence-electron chi connectivity index (χ4n) is 2.26. The number of hydrogen-bond acceptors (Lipinski definition) is 2. The van der Waals surface area contributed by atoms with Crippen LogP contribution in [-0.4, -0.2) is 16.3 Å². The predicted octanol–water partition coefficient (Wildman–Crippen LogP) is 3.89. The average molecular weight is 340 g/mol. The van der Waals surface area contributed by atoms with Gasteiger partial charge in [0.15, 0.2) is 0 Å². The van der Waals surface area contributed by atoms with Gasteiger partial charge in [-0.1, -0.05) is 25.1 Å². The zero-order chi connectivity index (χ0) is 14.5.